The third-order valence-corrected chi connectivity index (χ3v) is 6.20. The van der Waals surface area contributed by atoms with Crippen LogP contribution < -0.4 is 4.74 Å². The quantitative estimate of drug-likeness (QED) is 0.721. The van der Waals surface area contributed by atoms with Gasteiger partial charge in [0.05, 0.1) is 30.6 Å². The van der Waals surface area contributed by atoms with Crippen LogP contribution in [0.25, 0.3) is 0 Å². The summed E-state index contributed by atoms with van der Waals surface area (Å²) in [6, 6.07) is 4.59. The number of fused-ring (bicyclic) bond motifs is 2. The van der Waals surface area contributed by atoms with Crippen LogP contribution >= 0.6 is 0 Å². The van der Waals surface area contributed by atoms with Gasteiger partial charge in [-0.1, -0.05) is 6.07 Å². The number of esters is 1. The first kappa shape index (κ1) is 19.1. The van der Waals surface area contributed by atoms with E-state index in [-0.39, 0.29) is 29.5 Å². The summed E-state index contributed by atoms with van der Waals surface area (Å²) in [5.74, 6) is -0.0324. The topological polar surface area (TPSA) is 82.1 Å². The summed E-state index contributed by atoms with van der Waals surface area (Å²) in [5, 5.41) is 0. The van der Waals surface area contributed by atoms with Crippen LogP contribution in [0.15, 0.2) is 23.1 Å². The molecule has 4 rings (SSSR count). The number of carbonyl (C=O) groups excluding carboxylic acids is 1. The number of carbonyl (C=O) groups is 1. The van der Waals surface area contributed by atoms with E-state index in [0.717, 1.165) is 6.42 Å². The van der Waals surface area contributed by atoms with Gasteiger partial charge in [0.15, 0.2) is 0 Å². The summed E-state index contributed by atoms with van der Waals surface area (Å²) >= 11 is 0. The maximum atomic E-state index is 12.9. The lowest BCUT2D eigenvalue weighted by atomic mass is 10.0. The predicted molar refractivity (Wildman–Crippen MR) is 94.6 cm³/mol. The minimum absolute atomic E-state index is 0.00291. The van der Waals surface area contributed by atoms with E-state index in [4.69, 9.17) is 14.2 Å². The third-order valence-electron chi connectivity index (χ3n) is 4.38. The first-order valence-corrected chi connectivity index (χ1v) is 10.1. The molecule has 3 heterocycles. The molecule has 2 bridgehead atoms. The van der Waals surface area contributed by atoms with Gasteiger partial charge in [-0.25, -0.2) is 8.42 Å². The zero-order valence-corrected chi connectivity index (χ0v) is 16.3. The first-order chi connectivity index (χ1) is 12.1. The van der Waals surface area contributed by atoms with Crippen LogP contribution in [0.5, 0.6) is 5.75 Å². The van der Waals surface area contributed by atoms with Crippen molar-refractivity contribution in [2.75, 3.05) is 20.2 Å². The summed E-state index contributed by atoms with van der Waals surface area (Å²) in [7, 11) is -2.16. The van der Waals surface area contributed by atoms with Gasteiger partial charge in [-0.05, 0) is 26.8 Å². The Labute approximate surface area is 154 Å². The van der Waals surface area contributed by atoms with E-state index in [1.54, 1.807) is 26.8 Å². The molecular weight excluding hydrogens is 358 g/mol. The molecule has 0 aromatic heterocycles. The average Bonchev–Trinajstić information content (AvgIpc) is 2.52. The minimum Gasteiger partial charge on any atom is -0.496 e. The lowest BCUT2D eigenvalue weighted by Crippen LogP contribution is -2.58. The smallest absolute Gasteiger partial charge is 0.310 e. The second kappa shape index (κ2) is 6.83. The van der Waals surface area contributed by atoms with E-state index >= 15 is 0 Å². The van der Waals surface area contributed by atoms with Crippen molar-refractivity contribution in [2.24, 2.45) is 0 Å². The molecular formula is C18H25NO6S. The minimum atomic E-state index is -3.61. The SMILES string of the molecule is COc1cc(S(=O)(=O)N2CC3CC(C2)O3)ccc1CC(=O)OC(C)(C)C. The second-order valence-electron chi connectivity index (χ2n) is 7.67. The van der Waals surface area contributed by atoms with Crippen molar-refractivity contribution in [2.45, 2.75) is 56.3 Å². The fraction of sp³-hybridized carbons (Fsp3) is 0.611. The van der Waals surface area contributed by atoms with E-state index in [2.05, 4.69) is 0 Å². The van der Waals surface area contributed by atoms with Gasteiger partial charge in [-0.3, -0.25) is 4.79 Å². The van der Waals surface area contributed by atoms with Crippen LogP contribution in [0, 0.1) is 0 Å². The highest BCUT2D eigenvalue weighted by Gasteiger charge is 2.43. The molecule has 0 N–H and O–H groups in total. The van der Waals surface area contributed by atoms with Gasteiger partial charge in [-0.15, -0.1) is 0 Å². The number of sulfonamides is 1. The number of ether oxygens (including phenoxy) is 3. The largest absolute Gasteiger partial charge is 0.496 e. The molecule has 1 aromatic rings. The fourth-order valence-corrected chi connectivity index (χ4v) is 4.75. The molecule has 0 spiro atoms. The van der Waals surface area contributed by atoms with Crippen molar-refractivity contribution < 1.29 is 27.4 Å². The summed E-state index contributed by atoms with van der Waals surface area (Å²) in [4.78, 5) is 12.2. The summed E-state index contributed by atoms with van der Waals surface area (Å²) < 4.78 is 43.3. The Morgan fingerprint density at radius 3 is 2.42 bits per heavy atom. The van der Waals surface area contributed by atoms with Crippen LogP contribution in [0.2, 0.25) is 0 Å². The highest BCUT2D eigenvalue weighted by Crippen LogP contribution is 2.33. The Kier molecular flexibility index (Phi) is 5.02. The van der Waals surface area contributed by atoms with Gasteiger partial charge < -0.3 is 14.2 Å². The summed E-state index contributed by atoms with van der Waals surface area (Å²) in [5.41, 5.74) is 0.00985. The van der Waals surface area contributed by atoms with E-state index < -0.39 is 15.6 Å². The Balaban J connectivity index is 1.79. The van der Waals surface area contributed by atoms with Crippen LogP contribution in [0.3, 0.4) is 0 Å². The highest BCUT2D eigenvalue weighted by molar-refractivity contribution is 7.89. The van der Waals surface area contributed by atoms with Crippen LogP contribution in [-0.4, -0.2) is 56.7 Å². The Morgan fingerprint density at radius 2 is 1.88 bits per heavy atom. The van der Waals surface area contributed by atoms with Gasteiger partial charge in [0, 0.05) is 31.1 Å². The second-order valence-corrected chi connectivity index (χ2v) is 9.61. The van der Waals surface area contributed by atoms with Crippen LogP contribution in [-0.2, 0) is 30.7 Å². The average molecular weight is 383 g/mol. The van der Waals surface area contributed by atoms with Crippen molar-refractivity contribution in [3.63, 3.8) is 0 Å². The number of benzene rings is 1. The van der Waals surface area contributed by atoms with Crippen molar-refractivity contribution in [1.82, 2.24) is 4.31 Å². The molecule has 0 amide bonds. The number of methoxy groups -OCH3 is 1. The molecule has 0 radical (unpaired) electrons. The van der Waals surface area contributed by atoms with Crippen molar-refractivity contribution >= 4 is 16.0 Å². The number of hydrogen-bond donors (Lipinski definition) is 0. The Morgan fingerprint density at radius 1 is 1.27 bits per heavy atom. The zero-order chi connectivity index (χ0) is 19.1. The molecule has 3 fully saturated rings. The molecule has 144 valence electrons. The third kappa shape index (κ3) is 4.02. The van der Waals surface area contributed by atoms with Crippen LogP contribution in [0.1, 0.15) is 32.8 Å². The van der Waals surface area contributed by atoms with Gasteiger partial charge >= 0.3 is 5.97 Å². The Bertz CT molecular complexity index is 782. The van der Waals surface area contributed by atoms with E-state index in [9.17, 15) is 13.2 Å². The number of hydrogen-bond acceptors (Lipinski definition) is 6. The molecule has 3 aliphatic rings. The van der Waals surface area contributed by atoms with Gasteiger partial charge in [0.1, 0.15) is 11.4 Å². The lowest BCUT2D eigenvalue weighted by molar-refractivity contribution is -0.164. The fourth-order valence-electron chi connectivity index (χ4n) is 3.23. The standard InChI is InChI=1S/C18H25NO6S/c1-18(2,3)25-17(20)7-12-5-6-15(9-16(12)23-4)26(21,22)19-10-13-8-14(11-19)24-13/h5-6,9,13-14H,7-8,10-11H2,1-4H3. The Hall–Kier alpha value is -1.64. The summed E-state index contributed by atoms with van der Waals surface area (Å²) in [6.07, 6.45) is 0.931. The molecule has 3 aliphatic heterocycles. The van der Waals surface area contributed by atoms with Gasteiger partial charge in [-0.2, -0.15) is 4.31 Å². The molecule has 26 heavy (non-hydrogen) atoms. The molecule has 7 nitrogen and oxygen atoms in total. The molecule has 3 saturated heterocycles. The normalized spacial score (nSPS) is 23.2. The molecule has 2 unspecified atom stereocenters. The molecule has 8 heteroatoms. The highest BCUT2D eigenvalue weighted by atomic mass is 32.2. The van der Waals surface area contributed by atoms with E-state index in [0.29, 0.717) is 24.4 Å². The van der Waals surface area contributed by atoms with Gasteiger partial charge in [0.25, 0.3) is 0 Å². The predicted octanol–water partition coefficient (Wildman–Crippen LogP) is 1.74. The summed E-state index contributed by atoms with van der Waals surface area (Å²) in [6.45, 7) is 6.14. The molecule has 2 atom stereocenters. The number of piperidine rings is 1. The monoisotopic (exact) mass is 383 g/mol. The van der Waals surface area contributed by atoms with E-state index in [1.165, 1.54) is 23.5 Å². The lowest BCUT2D eigenvalue weighted by Gasteiger charge is -2.46. The maximum absolute atomic E-state index is 12.9. The number of rotatable bonds is 5. The van der Waals surface area contributed by atoms with Crippen LogP contribution in [0.4, 0.5) is 0 Å². The zero-order valence-electron chi connectivity index (χ0n) is 15.5. The molecule has 0 aliphatic carbocycles. The molecule has 1 aromatic carbocycles. The van der Waals surface area contributed by atoms with Crippen molar-refractivity contribution in [3.05, 3.63) is 23.8 Å². The first-order valence-electron chi connectivity index (χ1n) is 8.63. The molecule has 0 saturated carbocycles. The number of morpholine rings is 1. The van der Waals surface area contributed by atoms with Crippen molar-refractivity contribution in [1.29, 1.82) is 0 Å². The van der Waals surface area contributed by atoms with Crippen molar-refractivity contribution in [3.8, 4) is 5.75 Å². The van der Waals surface area contributed by atoms with E-state index in [1.807, 2.05) is 0 Å². The number of nitrogens with zero attached hydrogens (tertiary/aromatic N) is 1. The maximum Gasteiger partial charge on any atom is 0.310 e. The van der Waals surface area contributed by atoms with Gasteiger partial charge in [0.2, 0.25) is 10.0 Å².